The van der Waals surface area contributed by atoms with E-state index in [4.69, 9.17) is 11.0 Å². The quantitative estimate of drug-likeness (QED) is 0.823. The highest BCUT2D eigenvalue weighted by atomic mass is 35.5. The Kier molecular flexibility index (Phi) is 5.49. The average Bonchev–Trinajstić information content (AvgIpc) is 3.04. The molecule has 0 spiro atoms. The molecule has 10 heteroatoms. The van der Waals surface area contributed by atoms with Crippen molar-refractivity contribution in [1.29, 1.82) is 5.26 Å². The minimum absolute atomic E-state index is 0. The summed E-state index contributed by atoms with van der Waals surface area (Å²) >= 11 is 1.28. The highest BCUT2D eigenvalue weighted by molar-refractivity contribution is 7.10. The average molecular weight is 403 g/mol. The van der Waals surface area contributed by atoms with E-state index in [2.05, 4.69) is 14.7 Å². The summed E-state index contributed by atoms with van der Waals surface area (Å²) in [5, 5.41) is 10.7. The van der Waals surface area contributed by atoms with Gasteiger partial charge in [0.25, 0.3) is 6.02 Å². The maximum absolute atomic E-state index is 13.1. The number of nitrogens with zero attached hydrogens (tertiary/aromatic N) is 3. The molecule has 1 aliphatic rings. The minimum Gasteiger partial charge on any atom is -0.452 e. The summed E-state index contributed by atoms with van der Waals surface area (Å²) < 4.78 is 43.8. The van der Waals surface area contributed by atoms with Crippen LogP contribution in [0.15, 0.2) is 34.9 Å². The second-order valence-corrected chi connectivity index (χ2v) is 6.76. The van der Waals surface area contributed by atoms with Crippen molar-refractivity contribution in [2.24, 2.45) is 10.7 Å². The number of alkyl halides is 3. The summed E-state index contributed by atoms with van der Waals surface area (Å²) in [4.78, 5) is 8.73. The van der Waals surface area contributed by atoms with Crippen molar-refractivity contribution in [2.45, 2.75) is 31.2 Å². The van der Waals surface area contributed by atoms with Gasteiger partial charge in [-0.3, -0.25) is 4.98 Å². The van der Waals surface area contributed by atoms with Crippen LogP contribution in [0.5, 0.6) is 0 Å². The number of rotatable bonds is 2. The van der Waals surface area contributed by atoms with E-state index in [1.807, 2.05) is 6.07 Å². The van der Waals surface area contributed by atoms with Gasteiger partial charge in [-0.15, -0.1) is 23.7 Å². The van der Waals surface area contributed by atoms with E-state index in [0.717, 1.165) is 5.56 Å². The van der Waals surface area contributed by atoms with Crippen LogP contribution in [0.4, 0.5) is 13.2 Å². The SMILES string of the molecule is C[C@]1(c2cc(-c3cncc(C#N)c3)cs2)C[C@@H](C(F)(F)F)OC(N)=N1.Cl. The Labute approximate surface area is 157 Å². The van der Waals surface area contributed by atoms with Crippen molar-refractivity contribution in [1.82, 2.24) is 4.98 Å². The predicted octanol–water partition coefficient (Wildman–Crippen LogP) is 3.98. The maximum Gasteiger partial charge on any atom is 0.425 e. The summed E-state index contributed by atoms with van der Waals surface area (Å²) in [6.07, 6.45) is -3.84. The maximum atomic E-state index is 13.1. The smallest absolute Gasteiger partial charge is 0.425 e. The summed E-state index contributed by atoms with van der Waals surface area (Å²) in [6, 6.07) is 4.95. The van der Waals surface area contributed by atoms with Gasteiger partial charge in [-0.2, -0.15) is 18.4 Å². The Bertz CT molecular complexity index is 877. The lowest BCUT2D eigenvalue weighted by Gasteiger charge is -2.34. The summed E-state index contributed by atoms with van der Waals surface area (Å²) in [5.41, 5.74) is 6.22. The fourth-order valence-electron chi connectivity index (χ4n) is 2.63. The van der Waals surface area contributed by atoms with Gasteiger partial charge in [-0.25, -0.2) is 4.99 Å². The van der Waals surface area contributed by atoms with Gasteiger partial charge >= 0.3 is 6.18 Å². The molecule has 2 aromatic rings. The van der Waals surface area contributed by atoms with Crippen molar-refractivity contribution < 1.29 is 17.9 Å². The molecule has 0 aromatic carbocycles. The van der Waals surface area contributed by atoms with Gasteiger partial charge in [0.05, 0.1) is 5.56 Å². The summed E-state index contributed by atoms with van der Waals surface area (Å²) in [5.74, 6) is 0. The van der Waals surface area contributed by atoms with Crippen LogP contribution in [0.25, 0.3) is 11.1 Å². The Morgan fingerprint density at radius 2 is 2.08 bits per heavy atom. The van der Waals surface area contributed by atoms with E-state index < -0.39 is 23.8 Å². The molecule has 0 saturated heterocycles. The fraction of sp³-hybridized carbons (Fsp3) is 0.312. The van der Waals surface area contributed by atoms with Crippen LogP contribution in [0.1, 0.15) is 23.8 Å². The number of thiophene rings is 1. The molecule has 3 rings (SSSR count). The van der Waals surface area contributed by atoms with Crippen LogP contribution in [-0.4, -0.2) is 23.3 Å². The number of aliphatic imine (C=N–C) groups is 1. The highest BCUT2D eigenvalue weighted by Gasteiger charge is 2.49. The zero-order valence-electron chi connectivity index (χ0n) is 13.4. The van der Waals surface area contributed by atoms with Gasteiger partial charge in [-0.05, 0) is 30.0 Å². The highest BCUT2D eigenvalue weighted by Crippen LogP contribution is 2.43. The van der Waals surface area contributed by atoms with Crippen LogP contribution in [0.2, 0.25) is 0 Å². The molecule has 2 N–H and O–H groups in total. The van der Waals surface area contributed by atoms with E-state index in [9.17, 15) is 13.2 Å². The molecule has 1 aliphatic heterocycles. The lowest BCUT2D eigenvalue weighted by Crippen LogP contribution is -2.45. The fourth-order valence-corrected chi connectivity index (χ4v) is 3.67. The molecular formula is C16H14ClF3N4OS. The molecule has 0 saturated carbocycles. The van der Waals surface area contributed by atoms with Gasteiger partial charge in [0, 0.05) is 29.3 Å². The molecule has 0 radical (unpaired) electrons. The molecule has 5 nitrogen and oxygen atoms in total. The Morgan fingerprint density at radius 3 is 2.73 bits per heavy atom. The summed E-state index contributed by atoms with van der Waals surface area (Å²) in [6.45, 7) is 1.60. The number of hydrogen-bond donors (Lipinski definition) is 1. The number of ether oxygens (including phenoxy) is 1. The molecule has 2 atom stereocenters. The first-order chi connectivity index (χ1) is 11.7. The van der Waals surface area contributed by atoms with Crippen LogP contribution >= 0.6 is 23.7 Å². The molecule has 2 aromatic heterocycles. The van der Waals surface area contributed by atoms with Gasteiger partial charge in [0.1, 0.15) is 11.6 Å². The van der Waals surface area contributed by atoms with Gasteiger partial charge in [0.2, 0.25) is 0 Å². The zero-order chi connectivity index (χ0) is 18.2. The van der Waals surface area contributed by atoms with Crippen molar-refractivity contribution >= 4 is 29.8 Å². The van der Waals surface area contributed by atoms with Crippen LogP contribution in [0, 0.1) is 11.3 Å². The molecule has 0 aliphatic carbocycles. The van der Waals surface area contributed by atoms with Crippen molar-refractivity contribution in [3.63, 3.8) is 0 Å². The number of aromatic nitrogens is 1. The van der Waals surface area contributed by atoms with E-state index in [1.165, 1.54) is 17.5 Å². The van der Waals surface area contributed by atoms with E-state index in [1.54, 1.807) is 30.6 Å². The first kappa shape index (κ1) is 20.0. The molecule has 0 unspecified atom stereocenters. The van der Waals surface area contributed by atoms with Gasteiger partial charge in [-0.1, -0.05) is 0 Å². The first-order valence-corrected chi connectivity index (χ1v) is 8.12. The van der Waals surface area contributed by atoms with Crippen LogP contribution in [-0.2, 0) is 10.3 Å². The third-order valence-electron chi connectivity index (χ3n) is 3.90. The normalized spacial score (nSPS) is 22.6. The molecular weight excluding hydrogens is 389 g/mol. The van der Waals surface area contributed by atoms with E-state index in [-0.39, 0.29) is 18.8 Å². The number of amidine groups is 1. The van der Waals surface area contributed by atoms with Crippen molar-refractivity contribution in [3.8, 4) is 17.2 Å². The minimum atomic E-state index is -4.52. The molecule has 0 fully saturated rings. The standard InChI is InChI=1S/C16H13F3N4OS.ClH/c1-15(4-12(16(17,18)19)24-14(21)23-15)13-3-11(8-25-13)10-2-9(5-20)6-22-7-10;/h2-3,6-8,12H,4H2,1H3,(H2,21,23);1H/t12-,15+;/m0./s1. The Balaban J connectivity index is 0.00000243. The molecule has 0 bridgehead atoms. The zero-order valence-corrected chi connectivity index (χ0v) is 15.1. The Hall–Kier alpha value is -2.31. The molecule has 0 amide bonds. The number of nitriles is 1. The predicted molar refractivity (Wildman–Crippen MR) is 94.0 cm³/mol. The number of hydrogen-bond acceptors (Lipinski definition) is 6. The number of pyridine rings is 1. The largest absolute Gasteiger partial charge is 0.452 e. The van der Waals surface area contributed by atoms with Gasteiger partial charge < -0.3 is 10.5 Å². The lowest BCUT2D eigenvalue weighted by molar-refractivity contribution is -0.208. The van der Waals surface area contributed by atoms with Crippen LogP contribution < -0.4 is 5.73 Å². The lowest BCUT2D eigenvalue weighted by atomic mass is 9.91. The van der Waals surface area contributed by atoms with Crippen LogP contribution in [0.3, 0.4) is 0 Å². The third-order valence-corrected chi connectivity index (χ3v) is 5.08. The second-order valence-electron chi connectivity index (χ2n) is 5.85. The van der Waals surface area contributed by atoms with Crippen molar-refractivity contribution in [3.05, 3.63) is 40.3 Å². The molecule has 3 heterocycles. The number of nitrogens with two attached hydrogens (primary N) is 1. The number of halogens is 4. The molecule has 138 valence electrons. The monoisotopic (exact) mass is 402 g/mol. The van der Waals surface area contributed by atoms with E-state index in [0.29, 0.717) is 16.0 Å². The third kappa shape index (κ3) is 3.92. The van der Waals surface area contributed by atoms with E-state index >= 15 is 0 Å². The van der Waals surface area contributed by atoms with Gasteiger partial charge in [0.15, 0.2) is 6.10 Å². The first-order valence-electron chi connectivity index (χ1n) is 7.24. The second kappa shape index (κ2) is 7.13. The summed E-state index contributed by atoms with van der Waals surface area (Å²) in [7, 11) is 0. The molecule has 26 heavy (non-hydrogen) atoms. The Morgan fingerprint density at radius 1 is 1.35 bits per heavy atom. The van der Waals surface area contributed by atoms with Crippen molar-refractivity contribution in [2.75, 3.05) is 0 Å². The topological polar surface area (TPSA) is 84.3 Å².